The minimum atomic E-state index is -0.449. The van der Waals surface area contributed by atoms with Gasteiger partial charge < -0.3 is 14.5 Å². The number of carbonyl (C=O) groups is 1. The van der Waals surface area contributed by atoms with Gasteiger partial charge in [0.15, 0.2) is 5.13 Å². The number of rotatable bonds is 4. The minimum Gasteiger partial charge on any atom is -0.494 e. The van der Waals surface area contributed by atoms with Crippen LogP contribution < -0.4 is 9.64 Å². The van der Waals surface area contributed by atoms with Crippen molar-refractivity contribution in [2.45, 2.75) is 6.92 Å². The highest BCUT2D eigenvalue weighted by molar-refractivity contribution is 7.22. The highest BCUT2D eigenvalue weighted by Gasteiger charge is 2.25. The summed E-state index contributed by atoms with van der Waals surface area (Å²) >= 11 is 7.65. The van der Waals surface area contributed by atoms with E-state index in [1.807, 2.05) is 25.1 Å². The van der Waals surface area contributed by atoms with E-state index in [0.29, 0.717) is 38.3 Å². The standard InChI is InChI=1S/C20H19ClFN3O2S/c1-2-27-14-4-6-17-18(12-14)28-20(23-17)25-9-7-24(8-10-25)19(26)15-5-3-13(22)11-16(15)21/h3-6,11-12H,2,7-10H2,1H3. The monoisotopic (exact) mass is 419 g/mol. The normalized spacial score (nSPS) is 14.5. The number of thiazole rings is 1. The van der Waals surface area contributed by atoms with E-state index in [1.165, 1.54) is 18.2 Å². The summed E-state index contributed by atoms with van der Waals surface area (Å²) in [5.41, 5.74) is 1.28. The largest absolute Gasteiger partial charge is 0.494 e. The SMILES string of the molecule is CCOc1ccc2nc(N3CCN(C(=O)c4ccc(F)cc4Cl)CC3)sc2c1. The number of fused-ring (bicyclic) bond motifs is 1. The van der Waals surface area contributed by atoms with Gasteiger partial charge in [-0.1, -0.05) is 22.9 Å². The first-order valence-electron chi connectivity index (χ1n) is 9.08. The molecule has 0 unspecified atom stereocenters. The Labute approximate surface area is 171 Å². The molecule has 0 saturated carbocycles. The maximum Gasteiger partial charge on any atom is 0.255 e. The van der Waals surface area contributed by atoms with Gasteiger partial charge in [0.2, 0.25) is 0 Å². The molecule has 1 aromatic heterocycles. The maximum absolute atomic E-state index is 13.2. The molecule has 146 valence electrons. The number of anilines is 1. The Balaban J connectivity index is 1.45. The van der Waals surface area contributed by atoms with E-state index in [2.05, 4.69) is 4.90 Å². The smallest absolute Gasteiger partial charge is 0.255 e. The quantitative estimate of drug-likeness (QED) is 0.626. The first kappa shape index (κ1) is 19.0. The summed E-state index contributed by atoms with van der Waals surface area (Å²) in [6, 6.07) is 9.77. The summed E-state index contributed by atoms with van der Waals surface area (Å²) in [4.78, 5) is 21.3. The second-order valence-corrected chi connectivity index (χ2v) is 7.88. The second kappa shape index (κ2) is 7.93. The zero-order chi connectivity index (χ0) is 19.7. The number of carbonyl (C=O) groups excluding carboxylic acids is 1. The fraction of sp³-hybridized carbons (Fsp3) is 0.300. The molecule has 2 aromatic carbocycles. The van der Waals surface area contributed by atoms with Crippen molar-refractivity contribution in [2.75, 3.05) is 37.7 Å². The van der Waals surface area contributed by atoms with Crippen LogP contribution in [0.5, 0.6) is 5.75 Å². The molecule has 2 heterocycles. The third kappa shape index (κ3) is 3.77. The van der Waals surface area contributed by atoms with Crippen molar-refractivity contribution < 1.29 is 13.9 Å². The molecule has 1 saturated heterocycles. The summed E-state index contributed by atoms with van der Waals surface area (Å²) < 4.78 is 19.9. The van der Waals surface area contributed by atoms with Crippen LogP contribution in [0.3, 0.4) is 0 Å². The number of halogens is 2. The van der Waals surface area contributed by atoms with E-state index in [9.17, 15) is 9.18 Å². The van der Waals surface area contributed by atoms with Crippen LogP contribution in [0.2, 0.25) is 5.02 Å². The van der Waals surface area contributed by atoms with Gasteiger partial charge in [-0.25, -0.2) is 9.37 Å². The summed E-state index contributed by atoms with van der Waals surface area (Å²) in [5, 5.41) is 1.08. The second-order valence-electron chi connectivity index (χ2n) is 6.46. The molecule has 0 radical (unpaired) electrons. The molecule has 0 atom stereocenters. The van der Waals surface area contributed by atoms with E-state index in [1.54, 1.807) is 16.2 Å². The lowest BCUT2D eigenvalue weighted by Gasteiger charge is -2.34. The fourth-order valence-corrected chi connectivity index (χ4v) is 4.51. The van der Waals surface area contributed by atoms with Crippen molar-refractivity contribution in [3.8, 4) is 5.75 Å². The highest BCUT2D eigenvalue weighted by atomic mass is 35.5. The van der Waals surface area contributed by atoms with Crippen LogP contribution in [0, 0.1) is 5.82 Å². The molecule has 1 amide bonds. The van der Waals surface area contributed by atoms with E-state index in [0.717, 1.165) is 21.1 Å². The molecule has 0 spiro atoms. The fourth-order valence-electron chi connectivity index (χ4n) is 3.22. The van der Waals surface area contributed by atoms with Gasteiger partial charge in [0.1, 0.15) is 11.6 Å². The average molecular weight is 420 g/mol. The van der Waals surface area contributed by atoms with Crippen LogP contribution in [0.15, 0.2) is 36.4 Å². The molecule has 5 nitrogen and oxygen atoms in total. The minimum absolute atomic E-state index is 0.142. The van der Waals surface area contributed by atoms with Crippen LogP contribution in [0.25, 0.3) is 10.2 Å². The number of aromatic nitrogens is 1. The molecule has 28 heavy (non-hydrogen) atoms. The van der Waals surface area contributed by atoms with Crippen LogP contribution in [-0.2, 0) is 0 Å². The highest BCUT2D eigenvalue weighted by Crippen LogP contribution is 2.32. The Morgan fingerprint density at radius 1 is 1.21 bits per heavy atom. The number of piperazine rings is 1. The summed E-state index contributed by atoms with van der Waals surface area (Å²) in [5.74, 6) is 0.224. The van der Waals surface area contributed by atoms with Crippen LogP contribution >= 0.6 is 22.9 Å². The van der Waals surface area contributed by atoms with Crippen LogP contribution in [0.1, 0.15) is 17.3 Å². The van der Waals surface area contributed by atoms with Crippen LogP contribution in [0.4, 0.5) is 9.52 Å². The maximum atomic E-state index is 13.2. The van der Waals surface area contributed by atoms with E-state index >= 15 is 0 Å². The van der Waals surface area contributed by atoms with Crippen molar-refractivity contribution in [3.05, 3.63) is 52.8 Å². The van der Waals surface area contributed by atoms with Gasteiger partial charge in [-0.15, -0.1) is 0 Å². The predicted octanol–water partition coefficient (Wildman–Crippen LogP) is 4.45. The topological polar surface area (TPSA) is 45.7 Å². The Hall–Kier alpha value is -2.38. The number of benzene rings is 2. The van der Waals surface area contributed by atoms with E-state index in [4.69, 9.17) is 21.3 Å². The molecule has 1 aliphatic rings. The molecule has 8 heteroatoms. The number of hydrogen-bond acceptors (Lipinski definition) is 5. The Kier molecular flexibility index (Phi) is 5.37. The number of amides is 1. The van der Waals surface area contributed by atoms with Gasteiger partial charge in [0, 0.05) is 26.2 Å². The molecule has 3 aromatic rings. The lowest BCUT2D eigenvalue weighted by molar-refractivity contribution is 0.0747. The van der Waals surface area contributed by atoms with Gasteiger partial charge in [-0.05, 0) is 43.3 Å². The third-order valence-electron chi connectivity index (χ3n) is 4.66. The number of ether oxygens (including phenoxy) is 1. The zero-order valence-electron chi connectivity index (χ0n) is 15.3. The predicted molar refractivity (Wildman–Crippen MR) is 110 cm³/mol. The molecule has 1 fully saturated rings. The van der Waals surface area contributed by atoms with Crippen molar-refractivity contribution in [3.63, 3.8) is 0 Å². The molecule has 0 bridgehead atoms. The molecule has 0 aliphatic carbocycles. The van der Waals surface area contributed by atoms with Gasteiger partial charge in [0.25, 0.3) is 5.91 Å². The molecule has 0 N–H and O–H groups in total. The van der Waals surface area contributed by atoms with Gasteiger partial charge in [-0.3, -0.25) is 4.79 Å². The third-order valence-corrected chi connectivity index (χ3v) is 6.05. The van der Waals surface area contributed by atoms with Crippen LogP contribution in [-0.4, -0.2) is 48.6 Å². The number of hydrogen-bond donors (Lipinski definition) is 0. The summed E-state index contributed by atoms with van der Waals surface area (Å²) in [6.45, 7) is 5.08. The van der Waals surface area contributed by atoms with Gasteiger partial charge >= 0.3 is 0 Å². The molecule has 4 rings (SSSR count). The Bertz CT molecular complexity index is 1020. The summed E-state index contributed by atoms with van der Waals surface area (Å²) in [6.07, 6.45) is 0. The number of nitrogens with zero attached hydrogens (tertiary/aromatic N) is 3. The van der Waals surface area contributed by atoms with Crippen molar-refractivity contribution in [2.24, 2.45) is 0 Å². The lowest BCUT2D eigenvalue weighted by atomic mass is 10.1. The zero-order valence-corrected chi connectivity index (χ0v) is 16.9. The Morgan fingerprint density at radius 3 is 2.71 bits per heavy atom. The van der Waals surface area contributed by atoms with E-state index in [-0.39, 0.29) is 10.9 Å². The van der Waals surface area contributed by atoms with Crippen molar-refractivity contribution in [1.82, 2.24) is 9.88 Å². The van der Waals surface area contributed by atoms with Gasteiger partial charge in [-0.2, -0.15) is 0 Å². The van der Waals surface area contributed by atoms with Crippen molar-refractivity contribution in [1.29, 1.82) is 0 Å². The lowest BCUT2D eigenvalue weighted by Crippen LogP contribution is -2.48. The van der Waals surface area contributed by atoms with Gasteiger partial charge in [0.05, 0.1) is 27.4 Å². The van der Waals surface area contributed by atoms with Crippen molar-refractivity contribution >= 4 is 44.2 Å². The summed E-state index contributed by atoms with van der Waals surface area (Å²) in [7, 11) is 0. The molecule has 1 aliphatic heterocycles. The first-order valence-corrected chi connectivity index (χ1v) is 10.3. The molecular formula is C20H19ClFN3O2S. The molecular weight excluding hydrogens is 401 g/mol. The first-order chi connectivity index (χ1) is 13.5. The average Bonchev–Trinajstić information content (AvgIpc) is 3.11. The van der Waals surface area contributed by atoms with E-state index < -0.39 is 5.82 Å². The Morgan fingerprint density at radius 2 is 2.00 bits per heavy atom.